The Kier molecular flexibility index (Phi) is 3.68. The summed E-state index contributed by atoms with van der Waals surface area (Å²) in [5, 5.41) is 16.2. The van der Waals surface area contributed by atoms with E-state index in [2.05, 4.69) is 15.4 Å². The number of rotatable bonds is 5. The number of nitrogens with zero attached hydrogens (tertiary/aromatic N) is 3. The first-order chi connectivity index (χ1) is 8.60. The van der Waals surface area contributed by atoms with Gasteiger partial charge in [0.25, 0.3) is 5.56 Å². The molecule has 8 heteroatoms. The third kappa shape index (κ3) is 2.71. The number of carboxylic acid groups (broad SMARTS) is 1. The van der Waals surface area contributed by atoms with Crippen LogP contribution in [0.1, 0.15) is 17.6 Å². The molecule has 7 nitrogen and oxygen atoms in total. The molecule has 0 radical (unpaired) electrons. The van der Waals surface area contributed by atoms with Gasteiger partial charge in [0, 0.05) is 12.6 Å². The predicted octanol–water partition coefficient (Wildman–Crippen LogP) is -0.112. The van der Waals surface area contributed by atoms with E-state index >= 15 is 0 Å². The number of aliphatic carboxylic acids is 1. The van der Waals surface area contributed by atoms with Crippen LogP contribution >= 0.6 is 11.3 Å². The highest BCUT2D eigenvalue weighted by Gasteiger charge is 2.08. The summed E-state index contributed by atoms with van der Waals surface area (Å²) in [5.41, 5.74) is 0.274. The minimum atomic E-state index is -0.946. The van der Waals surface area contributed by atoms with Crippen LogP contribution in [0.15, 0.2) is 10.9 Å². The van der Waals surface area contributed by atoms with Crippen LogP contribution in [0.3, 0.4) is 0 Å². The highest BCUT2D eigenvalue weighted by atomic mass is 32.1. The van der Waals surface area contributed by atoms with Gasteiger partial charge in [-0.2, -0.15) is 9.61 Å². The van der Waals surface area contributed by atoms with Gasteiger partial charge in [0.1, 0.15) is 5.01 Å². The fraction of sp³-hybridized carbons (Fsp3) is 0.400. The molecule has 2 rings (SSSR count). The van der Waals surface area contributed by atoms with Gasteiger partial charge in [-0.05, 0) is 6.42 Å². The fourth-order valence-corrected chi connectivity index (χ4v) is 2.28. The highest BCUT2D eigenvalue weighted by Crippen LogP contribution is 2.11. The molecule has 0 aliphatic heterocycles. The lowest BCUT2D eigenvalue weighted by atomic mass is 10.4. The van der Waals surface area contributed by atoms with E-state index in [1.165, 1.54) is 21.9 Å². The van der Waals surface area contributed by atoms with Crippen LogP contribution in [-0.2, 0) is 17.8 Å². The molecule has 0 aliphatic rings. The van der Waals surface area contributed by atoms with Gasteiger partial charge in [-0.25, -0.2) is 4.98 Å². The van der Waals surface area contributed by atoms with Crippen LogP contribution in [0, 0.1) is 0 Å². The van der Waals surface area contributed by atoms with E-state index in [0.29, 0.717) is 10.7 Å². The smallest absolute Gasteiger partial charge is 0.317 e. The molecular weight excluding hydrogens is 256 g/mol. The molecule has 0 atom stereocenters. The zero-order valence-electron chi connectivity index (χ0n) is 9.71. The Morgan fingerprint density at radius 1 is 1.61 bits per heavy atom. The molecule has 0 saturated heterocycles. The molecule has 2 N–H and O–H groups in total. The fourth-order valence-electron chi connectivity index (χ4n) is 1.43. The summed E-state index contributed by atoms with van der Waals surface area (Å²) in [4.78, 5) is 26.9. The lowest BCUT2D eigenvalue weighted by molar-refractivity contribution is -0.135. The Labute approximate surface area is 106 Å². The minimum absolute atomic E-state index is 0.163. The molecule has 0 aliphatic carbocycles. The second-order valence-electron chi connectivity index (χ2n) is 3.63. The normalized spacial score (nSPS) is 10.9. The van der Waals surface area contributed by atoms with Gasteiger partial charge in [-0.1, -0.05) is 18.3 Å². The van der Waals surface area contributed by atoms with E-state index < -0.39 is 5.97 Å². The quantitative estimate of drug-likeness (QED) is 0.785. The molecule has 2 aromatic rings. The third-order valence-electron chi connectivity index (χ3n) is 2.22. The zero-order valence-corrected chi connectivity index (χ0v) is 10.5. The first kappa shape index (κ1) is 12.7. The molecule has 96 valence electrons. The maximum atomic E-state index is 11.7. The molecule has 18 heavy (non-hydrogen) atoms. The average Bonchev–Trinajstić information content (AvgIpc) is 2.72. The van der Waals surface area contributed by atoms with Crippen LogP contribution in [0.5, 0.6) is 0 Å². The van der Waals surface area contributed by atoms with Crippen LogP contribution in [0.2, 0.25) is 0 Å². The second-order valence-corrected chi connectivity index (χ2v) is 4.67. The summed E-state index contributed by atoms with van der Waals surface area (Å²) in [6.45, 7) is 2.04. The summed E-state index contributed by atoms with van der Waals surface area (Å²) >= 11 is 1.36. The average molecular weight is 268 g/mol. The summed E-state index contributed by atoms with van der Waals surface area (Å²) < 4.78 is 1.27. The van der Waals surface area contributed by atoms with Crippen molar-refractivity contribution in [3.05, 3.63) is 27.1 Å². The lowest BCUT2D eigenvalue weighted by Crippen LogP contribution is -2.24. The van der Waals surface area contributed by atoms with E-state index in [1.807, 2.05) is 6.92 Å². The van der Waals surface area contributed by atoms with E-state index in [-0.39, 0.29) is 18.6 Å². The largest absolute Gasteiger partial charge is 0.480 e. The van der Waals surface area contributed by atoms with E-state index in [0.717, 1.165) is 11.4 Å². The van der Waals surface area contributed by atoms with Crippen molar-refractivity contribution in [1.29, 1.82) is 0 Å². The van der Waals surface area contributed by atoms with Crippen molar-refractivity contribution in [2.45, 2.75) is 19.9 Å². The standard InChI is InChI=1S/C10H12N4O3S/c1-2-7-13-14-8(15)3-6(12-10(14)18-7)4-11-5-9(16)17/h3,11H,2,4-5H2,1H3,(H,16,17). The summed E-state index contributed by atoms with van der Waals surface area (Å²) in [6, 6.07) is 1.36. The first-order valence-electron chi connectivity index (χ1n) is 5.41. The highest BCUT2D eigenvalue weighted by molar-refractivity contribution is 7.16. The van der Waals surface area contributed by atoms with Gasteiger partial charge in [-0.3, -0.25) is 9.59 Å². The molecule has 0 bridgehead atoms. The van der Waals surface area contributed by atoms with Gasteiger partial charge in [-0.15, -0.1) is 0 Å². The molecular formula is C10H12N4O3S. The molecule has 0 amide bonds. The van der Waals surface area contributed by atoms with Gasteiger partial charge < -0.3 is 10.4 Å². The Balaban J connectivity index is 2.25. The number of carbonyl (C=O) groups is 1. The lowest BCUT2D eigenvalue weighted by Gasteiger charge is -2.00. The first-order valence-corrected chi connectivity index (χ1v) is 6.23. The molecule has 0 saturated carbocycles. The predicted molar refractivity (Wildman–Crippen MR) is 65.9 cm³/mol. The number of hydrogen-bond donors (Lipinski definition) is 2. The van der Waals surface area contributed by atoms with E-state index in [9.17, 15) is 9.59 Å². The van der Waals surface area contributed by atoms with Crippen molar-refractivity contribution in [3.63, 3.8) is 0 Å². The van der Waals surface area contributed by atoms with Crippen LogP contribution in [0.4, 0.5) is 0 Å². The Morgan fingerprint density at radius 3 is 3.06 bits per heavy atom. The molecule has 2 aromatic heterocycles. The number of nitrogens with one attached hydrogen (secondary N) is 1. The molecule has 0 fully saturated rings. The number of carboxylic acids is 1. The number of aromatic nitrogens is 3. The SMILES string of the molecule is CCc1nn2c(=O)cc(CNCC(=O)O)nc2s1. The van der Waals surface area contributed by atoms with E-state index in [1.54, 1.807) is 0 Å². The minimum Gasteiger partial charge on any atom is -0.480 e. The molecule has 0 unspecified atom stereocenters. The van der Waals surface area contributed by atoms with Crippen molar-refractivity contribution in [2.75, 3.05) is 6.54 Å². The second kappa shape index (κ2) is 5.23. The van der Waals surface area contributed by atoms with Crippen molar-refractivity contribution in [2.24, 2.45) is 0 Å². The Hall–Kier alpha value is -1.80. The number of fused-ring (bicyclic) bond motifs is 1. The number of hydrogen-bond acceptors (Lipinski definition) is 6. The van der Waals surface area contributed by atoms with Crippen LogP contribution < -0.4 is 10.9 Å². The van der Waals surface area contributed by atoms with Crippen molar-refractivity contribution < 1.29 is 9.90 Å². The van der Waals surface area contributed by atoms with Gasteiger partial charge in [0.05, 0.1) is 12.2 Å². The molecule has 0 spiro atoms. The van der Waals surface area contributed by atoms with Crippen molar-refractivity contribution >= 4 is 22.3 Å². The topological polar surface area (TPSA) is 96.6 Å². The molecule has 0 aromatic carbocycles. The maximum absolute atomic E-state index is 11.7. The maximum Gasteiger partial charge on any atom is 0.317 e. The number of aryl methyl sites for hydroxylation is 1. The van der Waals surface area contributed by atoms with E-state index in [4.69, 9.17) is 5.11 Å². The summed E-state index contributed by atoms with van der Waals surface area (Å²) in [6.07, 6.45) is 0.750. The van der Waals surface area contributed by atoms with Crippen molar-refractivity contribution in [3.8, 4) is 0 Å². The van der Waals surface area contributed by atoms with Gasteiger partial charge in [0.2, 0.25) is 4.96 Å². The van der Waals surface area contributed by atoms with Crippen molar-refractivity contribution in [1.82, 2.24) is 19.9 Å². The van der Waals surface area contributed by atoms with Crippen LogP contribution in [0.25, 0.3) is 4.96 Å². The molecule has 2 heterocycles. The monoisotopic (exact) mass is 268 g/mol. The van der Waals surface area contributed by atoms with Crippen LogP contribution in [-0.4, -0.2) is 32.2 Å². The van der Waals surface area contributed by atoms with Gasteiger partial charge >= 0.3 is 5.97 Å². The Bertz CT molecular complexity index is 634. The zero-order chi connectivity index (χ0) is 13.1. The third-order valence-corrected chi connectivity index (χ3v) is 3.28. The Morgan fingerprint density at radius 2 is 2.39 bits per heavy atom. The van der Waals surface area contributed by atoms with Gasteiger partial charge in [0.15, 0.2) is 0 Å². The summed E-state index contributed by atoms with van der Waals surface area (Å²) in [5.74, 6) is -0.946. The summed E-state index contributed by atoms with van der Waals surface area (Å²) in [7, 11) is 0.